The van der Waals surface area contributed by atoms with Gasteiger partial charge < -0.3 is 5.73 Å². The van der Waals surface area contributed by atoms with E-state index in [4.69, 9.17) is 5.73 Å². The molecule has 0 amide bonds. The van der Waals surface area contributed by atoms with Gasteiger partial charge in [0.25, 0.3) is 5.69 Å². The van der Waals surface area contributed by atoms with E-state index in [1.165, 1.54) is 6.20 Å². The zero-order valence-electron chi connectivity index (χ0n) is 8.88. The predicted molar refractivity (Wildman–Crippen MR) is 57.4 cm³/mol. The summed E-state index contributed by atoms with van der Waals surface area (Å²) in [5.74, 6) is 0.303. The van der Waals surface area contributed by atoms with Gasteiger partial charge in [0.05, 0.1) is 4.92 Å². The quantitative estimate of drug-likeness (QED) is 0.602. The molecule has 0 saturated heterocycles. The minimum atomic E-state index is -0.421. The Morgan fingerprint density at radius 3 is 2.80 bits per heavy atom. The van der Waals surface area contributed by atoms with E-state index in [-0.39, 0.29) is 11.7 Å². The van der Waals surface area contributed by atoms with Gasteiger partial charge in [0.15, 0.2) is 0 Å². The fourth-order valence-electron chi connectivity index (χ4n) is 1.24. The van der Waals surface area contributed by atoms with E-state index in [0.717, 1.165) is 0 Å². The largest absolute Gasteiger partial charge is 0.327 e. The van der Waals surface area contributed by atoms with Crippen molar-refractivity contribution in [3.8, 4) is 0 Å². The molecular formula is C10H15N3O2. The highest BCUT2D eigenvalue weighted by molar-refractivity contribution is 5.37. The summed E-state index contributed by atoms with van der Waals surface area (Å²) < 4.78 is 0. The summed E-state index contributed by atoms with van der Waals surface area (Å²) in [6.45, 7) is 4.00. The van der Waals surface area contributed by atoms with Crippen molar-refractivity contribution in [2.24, 2.45) is 11.7 Å². The summed E-state index contributed by atoms with van der Waals surface area (Å²) >= 11 is 0. The minimum absolute atomic E-state index is 0.0496. The van der Waals surface area contributed by atoms with Crippen LogP contribution in [0.3, 0.4) is 0 Å². The fourth-order valence-corrected chi connectivity index (χ4v) is 1.24. The third kappa shape index (κ3) is 2.99. The molecule has 1 aromatic rings. The minimum Gasteiger partial charge on any atom is -0.327 e. The molecular weight excluding hydrogens is 194 g/mol. The lowest BCUT2D eigenvalue weighted by Crippen LogP contribution is -2.29. The molecule has 0 aliphatic carbocycles. The van der Waals surface area contributed by atoms with Crippen LogP contribution in [-0.4, -0.2) is 15.9 Å². The maximum atomic E-state index is 10.7. The molecule has 2 N–H and O–H groups in total. The molecule has 0 radical (unpaired) electrons. The van der Waals surface area contributed by atoms with Gasteiger partial charge in [-0.15, -0.1) is 0 Å². The van der Waals surface area contributed by atoms with Crippen molar-refractivity contribution in [2.75, 3.05) is 0 Å². The fraction of sp³-hybridized carbons (Fsp3) is 0.500. The van der Waals surface area contributed by atoms with Crippen molar-refractivity contribution in [1.29, 1.82) is 0 Å². The molecule has 0 fully saturated rings. The van der Waals surface area contributed by atoms with Gasteiger partial charge in [0.2, 0.25) is 0 Å². The van der Waals surface area contributed by atoms with Crippen LogP contribution in [0.1, 0.15) is 19.4 Å². The highest BCUT2D eigenvalue weighted by Crippen LogP contribution is 2.19. The lowest BCUT2D eigenvalue weighted by Gasteiger charge is -2.14. The zero-order chi connectivity index (χ0) is 11.4. The summed E-state index contributed by atoms with van der Waals surface area (Å²) in [5, 5.41) is 10.7. The molecule has 5 nitrogen and oxygen atoms in total. The molecule has 0 saturated carbocycles. The number of aromatic nitrogens is 1. The van der Waals surface area contributed by atoms with Crippen LogP contribution in [0.4, 0.5) is 5.69 Å². The van der Waals surface area contributed by atoms with Gasteiger partial charge in [0.1, 0.15) is 6.20 Å². The first-order valence-electron chi connectivity index (χ1n) is 4.85. The number of rotatable bonds is 4. The molecule has 15 heavy (non-hydrogen) atoms. The summed E-state index contributed by atoms with van der Waals surface area (Å²) in [5.41, 5.74) is 6.57. The Balaban J connectivity index is 2.89. The zero-order valence-corrected chi connectivity index (χ0v) is 8.88. The number of nitrogens with zero attached hydrogens (tertiary/aromatic N) is 2. The van der Waals surface area contributed by atoms with Gasteiger partial charge in [-0.2, -0.15) is 0 Å². The van der Waals surface area contributed by atoms with Crippen LogP contribution in [0.15, 0.2) is 18.5 Å². The van der Waals surface area contributed by atoms with E-state index in [2.05, 4.69) is 4.98 Å². The molecule has 0 aliphatic rings. The second-order valence-electron chi connectivity index (χ2n) is 3.87. The Hall–Kier alpha value is -1.49. The highest BCUT2D eigenvalue weighted by Gasteiger charge is 2.17. The lowest BCUT2D eigenvalue weighted by atomic mass is 9.97. The molecule has 0 aliphatic heterocycles. The lowest BCUT2D eigenvalue weighted by molar-refractivity contribution is -0.385. The van der Waals surface area contributed by atoms with Crippen LogP contribution in [0.25, 0.3) is 0 Å². The number of hydrogen-bond acceptors (Lipinski definition) is 4. The first-order chi connectivity index (χ1) is 7.02. The molecule has 1 aromatic heterocycles. The van der Waals surface area contributed by atoms with Gasteiger partial charge in [-0.3, -0.25) is 15.1 Å². The summed E-state index contributed by atoms with van der Waals surface area (Å²) in [4.78, 5) is 14.0. The first kappa shape index (κ1) is 11.6. The summed E-state index contributed by atoms with van der Waals surface area (Å²) in [6.07, 6.45) is 3.33. The Morgan fingerprint density at radius 1 is 1.60 bits per heavy atom. The standard InChI is InChI=1S/C10H15N3O2/c1-7(2)9(11)5-8-3-4-12-6-10(8)13(14)15/h3-4,6-7,9H,5,11H2,1-2H3. The van der Waals surface area contributed by atoms with Crippen LogP contribution in [-0.2, 0) is 6.42 Å². The Bertz CT molecular complexity index is 352. The Labute approximate surface area is 88.5 Å². The number of nitro groups is 1. The topological polar surface area (TPSA) is 82.0 Å². The van der Waals surface area contributed by atoms with E-state index in [1.54, 1.807) is 12.3 Å². The van der Waals surface area contributed by atoms with Crippen LogP contribution in [0.2, 0.25) is 0 Å². The van der Waals surface area contributed by atoms with Crippen molar-refractivity contribution < 1.29 is 4.92 Å². The van der Waals surface area contributed by atoms with E-state index >= 15 is 0 Å². The van der Waals surface area contributed by atoms with Crippen LogP contribution in [0, 0.1) is 16.0 Å². The molecule has 1 atom stereocenters. The molecule has 82 valence electrons. The monoisotopic (exact) mass is 209 g/mol. The second kappa shape index (κ2) is 4.84. The van der Waals surface area contributed by atoms with Gasteiger partial charge >= 0.3 is 0 Å². The van der Waals surface area contributed by atoms with Crippen molar-refractivity contribution in [1.82, 2.24) is 4.98 Å². The van der Waals surface area contributed by atoms with Gasteiger partial charge in [0, 0.05) is 17.8 Å². The van der Waals surface area contributed by atoms with Gasteiger partial charge in [-0.05, 0) is 18.4 Å². The Kier molecular flexibility index (Phi) is 3.74. The van der Waals surface area contributed by atoms with E-state index in [1.807, 2.05) is 13.8 Å². The molecule has 1 unspecified atom stereocenters. The molecule has 0 aromatic carbocycles. The molecule has 0 bridgehead atoms. The smallest absolute Gasteiger partial charge is 0.290 e. The SMILES string of the molecule is CC(C)C(N)Cc1ccncc1[N+](=O)[O-]. The second-order valence-corrected chi connectivity index (χ2v) is 3.87. The van der Waals surface area contributed by atoms with Crippen LogP contribution >= 0.6 is 0 Å². The van der Waals surface area contributed by atoms with E-state index in [9.17, 15) is 10.1 Å². The highest BCUT2D eigenvalue weighted by atomic mass is 16.6. The van der Waals surface area contributed by atoms with Gasteiger partial charge in [-0.25, -0.2) is 0 Å². The summed E-state index contributed by atoms with van der Waals surface area (Å²) in [7, 11) is 0. The summed E-state index contributed by atoms with van der Waals surface area (Å²) in [6, 6.07) is 1.59. The number of hydrogen-bond donors (Lipinski definition) is 1. The Morgan fingerprint density at radius 2 is 2.27 bits per heavy atom. The van der Waals surface area contributed by atoms with Crippen molar-refractivity contribution >= 4 is 5.69 Å². The van der Waals surface area contributed by atoms with Crippen LogP contribution < -0.4 is 5.73 Å². The normalized spacial score (nSPS) is 12.8. The maximum Gasteiger partial charge on any atom is 0.290 e. The van der Waals surface area contributed by atoms with Crippen molar-refractivity contribution in [2.45, 2.75) is 26.3 Å². The van der Waals surface area contributed by atoms with Gasteiger partial charge in [-0.1, -0.05) is 13.8 Å². The predicted octanol–water partition coefficient (Wildman–Crippen LogP) is 1.52. The first-order valence-corrected chi connectivity index (χ1v) is 4.85. The molecule has 1 rings (SSSR count). The third-order valence-corrected chi connectivity index (χ3v) is 2.40. The maximum absolute atomic E-state index is 10.7. The van der Waals surface area contributed by atoms with Crippen LogP contribution in [0.5, 0.6) is 0 Å². The average molecular weight is 209 g/mol. The number of nitrogens with two attached hydrogens (primary N) is 1. The van der Waals surface area contributed by atoms with E-state index in [0.29, 0.717) is 17.9 Å². The molecule has 5 heteroatoms. The van der Waals surface area contributed by atoms with Crippen molar-refractivity contribution in [3.63, 3.8) is 0 Å². The molecule has 1 heterocycles. The van der Waals surface area contributed by atoms with Crippen molar-refractivity contribution in [3.05, 3.63) is 34.1 Å². The number of pyridine rings is 1. The average Bonchev–Trinajstić information content (AvgIpc) is 2.18. The third-order valence-electron chi connectivity index (χ3n) is 2.40. The molecule has 0 spiro atoms. The van der Waals surface area contributed by atoms with E-state index < -0.39 is 4.92 Å².